The van der Waals surface area contributed by atoms with Crippen LogP contribution in [0.1, 0.15) is 51.8 Å². The third kappa shape index (κ3) is 4.87. The fourth-order valence-electron chi connectivity index (χ4n) is 3.65. The summed E-state index contributed by atoms with van der Waals surface area (Å²) in [5.74, 6) is 2.55. The van der Waals surface area contributed by atoms with Crippen LogP contribution in [0.15, 0.2) is 30.3 Å². The first-order valence-electron chi connectivity index (χ1n) is 9.92. The van der Waals surface area contributed by atoms with Crippen LogP contribution in [0.3, 0.4) is 0 Å². The first-order valence-corrected chi connectivity index (χ1v) is 9.92. The molecule has 0 amide bonds. The Kier molecular flexibility index (Phi) is 6.31. The second-order valence-electron chi connectivity index (χ2n) is 7.01. The predicted octanol–water partition coefficient (Wildman–Crippen LogP) is 5.12. The molecule has 2 N–H and O–H groups in total. The second kappa shape index (κ2) is 8.88. The van der Waals surface area contributed by atoms with Gasteiger partial charge in [0.05, 0.1) is 0 Å². The quantitative estimate of drug-likeness (QED) is 0.723. The zero-order valence-corrected chi connectivity index (χ0v) is 16.3. The van der Waals surface area contributed by atoms with Crippen molar-refractivity contribution < 1.29 is 0 Å². The summed E-state index contributed by atoms with van der Waals surface area (Å²) in [6, 6.07) is 11.1. The van der Waals surface area contributed by atoms with Gasteiger partial charge in [0.15, 0.2) is 0 Å². The van der Waals surface area contributed by atoms with Gasteiger partial charge in [-0.1, -0.05) is 19.3 Å². The van der Waals surface area contributed by atoms with Gasteiger partial charge in [0.1, 0.15) is 17.5 Å². The Bertz CT molecular complexity index is 688. The minimum absolute atomic E-state index is 0.541. The summed E-state index contributed by atoms with van der Waals surface area (Å²) >= 11 is 0. The summed E-state index contributed by atoms with van der Waals surface area (Å²) < 4.78 is 0. The standard InChI is InChI=1S/C21H31N5/c1-4-26(5-2)19-13-11-18(12-14-19)25-21-15-20(22-16(3)23-21)24-17-9-7-6-8-10-17/h11-15,17H,4-10H2,1-3H3,(H2,22,23,24,25). The largest absolute Gasteiger partial charge is 0.372 e. The van der Waals surface area contributed by atoms with Crippen molar-refractivity contribution in [2.24, 2.45) is 0 Å². The molecule has 0 unspecified atom stereocenters. The van der Waals surface area contributed by atoms with Crippen LogP contribution in [0, 0.1) is 6.92 Å². The van der Waals surface area contributed by atoms with E-state index in [0.717, 1.165) is 36.2 Å². The average molecular weight is 354 g/mol. The van der Waals surface area contributed by atoms with Crippen LogP contribution < -0.4 is 15.5 Å². The second-order valence-corrected chi connectivity index (χ2v) is 7.01. The molecule has 5 heteroatoms. The Hall–Kier alpha value is -2.30. The van der Waals surface area contributed by atoms with Gasteiger partial charge in [0.2, 0.25) is 0 Å². The number of aryl methyl sites for hydroxylation is 1. The first kappa shape index (κ1) is 18.5. The fourth-order valence-corrected chi connectivity index (χ4v) is 3.65. The van der Waals surface area contributed by atoms with Crippen molar-refractivity contribution in [2.75, 3.05) is 28.6 Å². The molecule has 0 aliphatic heterocycles. The normalized spacial score (nSPS) is 14.9. The van der Waals surface area contributed by atoms with Gasteiger partial charge in [-0.25, -0.2) is 9.97 Å². The van der Waals surface area contributed by atoms with Crippen molar-refractivity contribution in [3.8, 4) is 0 Å². The molecule has 0 atom stereocenters. The highest BCUT2D eigenvalue weighted by molar-refractivity contribution is 5.62. The van der Waals surface area contributed by atoms with Crippen LogP contribution in [0.25, 0.3) is 0 Å². The molecule has 1 aliphatic carbocycles. The van der Waals surface area contributed by atoms with E-state index in [-0.39, 0.29) is 0 Å². The third-order valence-corrected chi connectivity index (χ3v) is 5.06. The zero-order chi connectivity index (χ0) is 18.4. The number of rotatable bonds is 7. The van der Waals surface area contributed by atoms with Crippen molar-refractivity contribution in [1.82, 2.24) is 9.97 Å². The fraction of sp³-hybridized carbons (Fsp3) is 0.524. The van der Waals surface area contributed by atoms with Crippen LogP contribution in [-0.4, -0.2) is 29.1 Å². The molecule has 1 aromatic carbocycles. The highest BCUT2D eigenvalue weighted by Crippen LogP contribution is 2.24. The molecular weight excluding hydrogens is 322 g/mol. The Morgan fingerprint density at radius 3 is 2.27 bits per heavy atom. The van der Waals surface area contributed by atoms with E-state index in [1.807, 2.05) is 13.0 Å². The maximum Gasteiger partial charge on any atom is 0.136 e. The van der Waals surface area contributed by atoms with Gasteiger partial charge in [-0.2, -0.15) is 0 Å². The topological polar surface area (TPSA) is 53.1 Å². The van der Waals surface area contributed by atoms with E-state index in [4.69, 9.17) is 0 Å². The SMILES string of the molecule is CCN(CC)c1ccc(Nc2cc(NC3CCCCC3)nc(C)n2)cc1. The molecule has 5 nitrogen and oxygen atoms in total. The lowest BCUT2D eigenvalue weighted by Gasteiger charge is -2.23. The summed E-state index contributed by atoms with van der Waals surface area (Å²) in [7, 11) is 0. The Balaban J connectivity index is 1.69. The highest BCUT2D eigenvalue weighted by atomic mass is 15.1. The van der Waals surface area contributed by atoms with Crippen LogP contribution in [0.5, 0.6) is 0 Å². The molecule has 2 aromatic rings. The number of hydrogen-bond acceptors (Lipinski definition) is 5. The van der Waals surface area contributed by atoms with E-state index < -0.39 is 0 Å². The summed E-state index contributed by atoms with van der Waals surface area (Å²) in [5.41, 5.74) is 2.29. The molecule has 1 heterocycles. The van der Waals surface area contributed by atoms with Gasteiger partial charge in [-0.05, 0) is 57.9 Å². The monoisotopic (exact) mass is 353 g/mol. The molecular formula is C21H31N5. The lowest BCUT2D eigenvalue weighted by Crippen LogP contribution is -2.23. The Morgan fingerprint density at radius 2 is 1.62 bits per heavy atom. The molecule has 1 fully saturated rings. The molecule has 0 bridgehead atoms. The third-order valence-electron chi connectivity index (χ3n) is 5.06. The van der Waals surface area contributed by atoms with E-state index in [1.165, 1.54) is 37.8 Å². The van der Waals surface area contributed by atoms with Crippen molar-refractivity contribution in [1.29, 1.82) is 0 Å². The van der Waals surface area contributed by atoms with Gasteiger partial charge in [-0.15, -0.1) is 0 Å². The molecule has 0 radical (unpaired) electrons. The first-order chi connectivity index (χ1) is 12.7. The van der Waals surface area contributed by atoms with Gasteiger partial charge < -0.3 is 15.5 Å². The van der Waals surface area contributed by atoms with Crippen LogP contribution in [0.2, 0.25) is 0 Å². The van der Waals surface area contributed by atoms with Crippen molar-refractivity contribution >= 4 is 23.0 Å². The average Bonchev–Trinajstić information content (AvgIpc) is 2.64. The molecule has 3 rings (SSSR count). The van der Waals surface area contributed by atoms with E-state index in [2.05, 4.69) is 63.6 Å². The van der Waals surface area contributed by atoms with Gasteiger partial charge in [-0.3, -0.25) is 0 Å². The van der Waals surface area contributed by atoms with Gasteiger partial charge in [0.25, 0.3) is 0 Å². The number of aromatic nitrogens is 2. The van der Waals surface area contributed by atoms with E-state index >= 15 is 0 Å². The molecule has 1 saturated carbocycles. The molecule has 1 aliphatic rings. The summed E-state index contributed by atoms with van der Waals surface area (Å²) in [4.78, 5) is 11.4. The lowest BCUT2D eigenvalue weighted by atomic mass is 9.95. The van der Waals surface area contributed by atoms with E-state index in [1.54, 1.807) is 0 Å². The molecule has 0 spiro atoms. The minimum Gasteiger partial charge on any atom is -0.372 e. The van der Waals surface area contributed by atoms with E-state index in [9.17, 15) is 0 Å². The minimum atomic E-state index is 0.541. The van der Waals surface area contributed by atoms with Gasteiger partial charge in [0, 0.05) is 36.6 Å². The van der Waals surface area contributed by atoms with E-state index in [0.29, 0.717) is 6.04 Å². The Labute approximate surface area is 157 Å². The van der Waals surface area contributed by atoms with Crippen molar-refractivity contribution in [3.63, 3.8) is 0 Å². The molecule has 26 heavy (non-hydrogen) atoms. The van der Waals surface area contributed by atoms with Crippen molar-refractivity contribution in [3.05, 3.63) is 36.2 Å². The number of hydrogen-bond donors (Lipinski definition) is 2. The van der Waals surface area contributed by atoms with Crippen LogP contribution >= 0.6 is 0 Å². The smallest absolute Gasteiger partial charge is 0.136 e. The number of nitrogens with one attached hydrogen (secondary N) is 2. The number of anilines is 4. The Morgan fingerprint density at radius 1 is 0.962 bits per heavy atom. The van der Waals surface area contributed by atoms with Crippen molar-refractivity contribution in [2.45, 2.75) is 58.9 Å². The maximum absolute atomic E-state index is 4.56. The summed E-state index contributed by atoms with van der Waals surface area (Å²) in [6.45, 7) is 8.34. The summed E-state index contributed by atoms with van der Waals surface area (Å²) in [6.07, 6.45) is 6.45. The number of benzene rings is 1. The maximum atomic E-state index is 4.56. The predicted molar refractivity (Wildman–Crippen MR) is 111 cm³/mol. The number of nitrogens with zero attached hydrogens (tertiary/aromatic N) is 3. The summed E-state index contributed by atoms with van der Waals surface area (Å²) in [5, 5.41) is 7.00. The molecule has 140 valence electrons. The molecule has 1 aromatic heterocycles. The zero-order valence-electron chi connectivity index (χ0n) is 16.3. The van der Waals surface area contributed by atoms with Crippen LogP contribution in [0.4, 0.5) is 23.0 Å². The highest BCUT2D eigenvalue weighted by Gasteiger charge is 2.14. The van der Waals surface area contributed by atoms with Gasteiger partial charge >= 0.3 is 0 Å². The van der Waals surface area contributed by atoms with Crippen LogP contribution in [-0.2, 0) is 0 Å². The lowest BCUT2D eigenvalue weighted by molar-refractivity contribution is 0.462. The molecule has 0 saturated heterocycles.